The molecule has 0 atom stereocenters. The van der Waals surface area contributed by atoms with Crippen molar-refractivity contribution in [1.29, 1.82) is 0 Å². The van der Waals surface area contributed by atoms with E-state index in [2.05, 4.69) is 15.5 Å². The van der Waals surface area contributed by atoms with E-state index >= 15 is 0 Å². The first-order chi connectivity index (χ1) is 13.5. The first-order valence-corrected chi connectivity index (χ1v) is 9.93. The zero-order chi connectivity index (χ0) is 19.6. The lowest BCUT2D eigenvalue weighted by molar-refractivity contribution is -0.115. The number of rotatable bonds is 6. The number of hydrogen-bond acceptors (Lipinski definition) is 8. The van der Waals surface area contributed by atoms with E-state index in [1.807, 2.05) is 0 Å². The minimum Gasteiger partial charge on any atom is -0.454 e. The predicted octanol–water partition coefficient (Wildman–Crippen LogP) is 1.95. The molecule has 0 aliphatic carbocycles. The fourth-order valence-corrected chi connectivity index (χ4v) is 3.82. The van der Waals surface area contributed by atoms with Crippen LogP contribution in [0.1, 0.15) is 11.5 Å². The number of nitrogens with zero attached hydrogens (tertiary/aromatic N) is 2. The van der Waals surface area contributed by atoms with E-state index in [1.165, 1.54) is 12.1 Å². The van der Waals surface area contributed by atoms with Gasteiger partial charge in [0.25, 0.3) is 0 Å². The van der Waals surface area contributed by atoms with Crippen LogP contribution in [0.2, 0.25) is 0 Å². The third-order valence-electron chi connectivity index (χ3n) is 3.93. The van der Waals surface area contributed by atoms with Crippen LogP contribution in [0, 0.1) is 0 Å². The number of anilines is 1. The molecule has 4 rings (SSSR count). The fourth-order valence-electron chi connectivity index (χ4n) is 2.64. The number of nitrogens with one attached hydrogen (secondary N) is 1. The minimum atomic E-state index is -3.62. The Morgan fingerprint density at radius 1 is 1.04 bits per heavy atom. The highest BCUT2D eigenvalue weighted by atomic mass is 32.2. The van der Waals surface area contributed by atoms with Crippen molar-refractivity contribution in [3.8, 4) is 11.5 Å². The Labute approximate surface area is 160 Å². The average molecular weight is 401 g/mol. The quantitative estimate of drug-likeness (QED) is 0.665. The van der Waals surface area contributed by atoms with Crippen LogP contribution in [-0.2, 0) is 26.8 Å². The number of sulfone groups is 1. The van der Waals surface area contributed by atoms with Crippen LogP contribution in [-0.4, -0.2) is 31.3 Å². The van der Waals surface area contributed by atoms with Crippen molar-refractivity contribution in [1.82, 2.24) is 10.2 Å². The molecule has 10 heteroatoms. The van der Waals surface area contributed by atoms with Crippen molar-refractivity contribution in [2.24, 2.45) is 0 Å². The molecule has 0 saturated carbocycles. The Balaban J connectivity index is 1.38. The number of ether oxygens (including phenoxy) is 2. The van der Waals surface area contributed by atoms with Gasteiger partial charge in [-0.1, -0.05) is 29.4 Å². The summed E-state index contributed by atoms with van der Waals surface area (Å²) >= 11 is 0. The zero-order valence-corrected chi connectivity index (χ0v) is 15.3. The fraction of sp³-hybridized carbons (Fsp3) is 0.167. The summed E-state index contributed by atoms with van der Waals surface area (Å²) < 4.78 is 40.4. The van der Waals surface area contributed by atoms with Crippen LogP contribution in [0.4, 0.5) is 6.01 Å². The molecule has 0 bridgehead atoms. The number of benzene rings is 2. The van der Waals surface area contributed by atoms with E-state index in [1.54, 1.807) is 36.4 Å². The van der Waals surface area contributed by atoms with Crippen LogP contribution in [0.15, 0.2) is 57.8 Å². The van der Waals surface area contributed by atoms with Crippen LogP contribution in [0.3, 0.4) is 0 Å². The summed E-state index contributed by atoms with van der Waals surface area (Å²) in [5.74, 6) is 0.256. The number of fused-ring (bicyclic) bond motifs is 1. The minimum absolute atomic E-state index is 0.0522. The summed E-state index contributed by atoms with van der Waals surface area (Å²) in [6.07, 6.45) is 0.0522. The number of amides is 1. The predicted molar refractivity (Wildman–Crippen MR) is 96.5 cm³/mol. The molecule has 1 aliphatic rings. The molecule has 0 unspecified atom stereocenters. The van der Waals surface area contributed by atoms with E-state index in [-0.39, 0.29) is 35.9 Å². The lowest BCUT2D eigenvalue weighted by atomic mass is 10.1. The summed E-state index contributed by atoms with van der Waals surface area (Å²) in [4.78, 5) is 12.3. The second kappa shape index (κ2) is 7.31. The molecule has 28 heavy (non-hydrogen) atoms. The zero-order valence-electron chi connectivity index (χ0n) is 14.5. The first kappa shape index (κ1) is 18.0. The molecule has 9 nitrogen and oxygen atoms in total. The molecule has 1 amide bonds. The summed E-state index contributed by atoms with van der Waals surface area (Å²) in [5, 5.41) is 9.82. The average Bonchev–Trinajstić information content (AvgIpc) is 3.31. The number of aromatic nitrogens is 2. The van der Waals surface area contributed by atoms with Gasteiger partial charge in [-0.3, -0.25) is 10.1 Å². The third-order valence-corrected chi connectivity index (χ3v) is 5.55. The molecule has 2 aromatic carbocycles. The van der Waals surface area contributed by atoms with E-state index in [4.69, 9.17) is 13.9 Å². The summed E-state index contributed by atoms with van der Waals surface area (Å²) in [6.45, 7) is 0.154. The monoisotopic (exact) mass is 401 g/mol. The van der Waals surface area contributed by atoms with Crippen LogP contribution >= 0.6 is 0 Å². The van der Waals surface area contributed by atoms with Gasteiger partial charge in [0.15, 0.2) is 21.3 Å². The number of hydrogen-bond donors (Lipinski definition) is 1. The molecule has 2 heterocycles. The van der Waals surface area contributed by atoms with E-state index in [9.17, 15) is 13.2 Å². The lowest BCUT2D eigenvalue weighted by Crippen LogP contribution is -2.14. The van der Waals surface area contributed by atoms with Gasteiger partial charge in [0.05, 0.1) is 11.3 Å². The van der Waals surface area contributed by atoms with Gasteiger partial charge in [0.1, 0.15) is 5.75 Å². The maximum absolute atomic E-state index is 12.3. The maximum Gasteiger partial charge on any atom is 0.322 e. The molecule has 0 saturated heterocycles. The molecule has 1 aromatic heterocycles. The molecule has 1 N–H and O–H groups in total. The summed E-state index contributed by atoms with van der Waals surface area (Å²) in [6, 6.07) is 13.0. The Hall–Kier alpha value is -3.40. The molecule has 0 fully saturated rings. The Morgan fingerprint density at radius 2 is 1.82 bits per heavy atom. The Morgan fingerprint density at radius 3 is 2.64 bits per heavy atom. The largest absolute Gasteiger partial charge is 0.454 e. The molecular formula is C18H15N3O6S. The molecular weight excluding hydrogens is 386 g/mol. The van der Waals surface area contributed by atoms with Crippen molar-refractivity contribution in [2.75, 3.05) is 12.1 Å². The smallest absolute Gasteiger partial charge is 0.322 e. The Kier molecular flexibility index (Phi) is 4.70. The van der Waals surface area contributed by atoms with E-state index in [0.717, 1.165) is 0 Å². The normalized spacial score (nSPS) is 12.7. The molecule has 3 aromatic rings. The van der Waals surface area contributed by atoms with Gasteiger partial charge in [-0.2, -0.15) is 0 Å². The van der Waals surface area contributed by atoms with Gasteiger partial charge in [-0.05, 0) is 29.8 Å². The lowest BCUT2D eigenvalue weighted by Gasteiger charge is -2.03. The summed E-state index contributed by atoms with van der Waals surface area (Å²) in [7, 11) is -3.62. The van der Waals surface area contributed by atoms with Gasteiger partial charge in [-0.15, -0.1) is 5.10 Å². The van der Waals surface area contributed by atoms with Gasteiger partial charge < -0.3 is 13.9 Å². The molecule has 0 spiro atoms. The van der Waals surface area contributed by atoms with Crippen molar-refractivity contribution in [3.63, 3.8) is 0 Å². The number of carbonyl (C=O) groups excluding carboxylic acids is 1. The van der Waals surface area contributed by atoms with Crippen LogP contribution < -0.4 is 14.8 Å². The van der Waals surface area contributed by atoms with Crippen LogP contribution in [0.5, 0.6) is 11.5 Å². The highest BCUT2D eigenvalue weighted by Gasteiger charge is 2.20. The van der Waals surface area contributed by atoms with Gasteiger partial charge >= 0.3 is 6.01 Å². The van der Waals surface area contributed by atoms with E-state index < -0.39 is 15.6 Å². The van der Waals surface area contributed by atoms with Gasteiger partial charge in [-0.25, -0.2) is 8.42 Å². The maximum atomic E-state index is 12.3. The molecule has 0 radical (unpaired) electrons. The van der Waals surface area contributed by atoms with Crippen molar-refractivity contribution >= 4 is 21.8 Å². The van der Waals surface area contributed by atoms with Gasteiger partial charge in [0.2, 0.25) is 18.6 Å². The van der Waals surface area contributed by atoms with Crippen molar-refractivity contribution in [3.05, 3.63) is 60.0 Å². The van der Waals surface area contributed by atoms with Gasteiger partial charge in [0, 0.05) is 0 Å². The SMILES string of the molecule is O=C(Cc1ccc2c(c1)OCO2)Nc1nnc(CS(=O)(=O)c2ccccc2)o1. The second-order valence-corrected chi connectivity index (χ2v) is 7.98. The standard InChI is InChI=1S/C18H15N3O6S/c22-16(9-12-6-7-14-15(8-12)26-11-25-14)19-18-21-20-17(27-18)10-28(23,24)13-4-2-1-3-5-13/h1-8H,9-11H2,(H,19,21,22). The third kappa shape index (κ3) is 3.96. The van der Waals surface area contributed by atoms with Crippen molar-refractivity contribution < 1.29 is 27.1 Å². The van der Waals surface area contributed by atoms with Crippen molar-refractivity contribution in [2.45, 2.75) is 17.1 Å². The molecule has 1 aliphatic heterocycles. The van der Waals surface area contributed by atoms with E-state index in [0.29, 0.717) is 17.1 Å². The first-order valence-electron chi connectivity index (χ1n) is 8.28. The topological polar surface area (TPSA) is 121 Å². The highest BCUT2D eigenvalue weighted by molar-refractivity contribution is 7.90. The Bertz CT molecular complexity index is 1110. The number of carbonyl (C=O) groups is 1. The highest BCUT2D eigenvalue weighted by Crippen LogP contribution is 2.32. The van der Waals surface area contributed by atoms with Crippen LogP contribution in [0.25, 0.3) is 0 Å². The summed E-state index contributed by atoms with van der Waals surface area (Å²) in [5.41, 5.74) is 0.716. The second-order valence-electron chi connectivity index (χ2n) is 5.99. The molecule has 144 valence electrons.